The number of urea groups is 1. The molecule has 184 valence electrons. The van der Waals surface area contributed by atoms with Crippen LogP contribution in [0.25, 0.3) is 0 Å². The lowest BCUT2D eigenvalue weighted by Crippen LogP contribution is -2.53. The molecular formula is C25H25BrN2O5S2. The molecule has 1 aromatic heterocycles. The van der Waals surface area contributed by atoms with E-state index < -0.39 is 40.2 Å². The Morgan fingerprint density at radius 2 is 1.54 bits per heavy atom. The Bertz CT molecular complexity index is 1330. The number of fused-ring (bicyclic) bond motifs is 1. The van der Waals surface area contributed by atoms with Crippen LogP contribution in [0.3, 0.4) is 0 Å². The number of hydrogen-bond donors (Lipinski definition) is 0. The maximum Gasteiger partial charge on any atom is 0.340 e. The molecule has 0 radical (unpaired) electrons. The highest BCUT2D eigenvalue weighted by atomic mass is 79.9. The summed E-state index contributed by atoms with van der Waals surface area (Å²) in [7, 11) is -4.30. The van der Waals surface area contributed by atoms with Gasteiger partial charge in [0.25, 0.3) is 10.0 Å². The highest BCUT2D eigenvalue weighted by molar-refractivity contribution is 9.11. The van der Waals surface area contributed by atoms with E-state index in [1.54, 1.807) is 27.7 Å². The number of amides is 2. The minimum Gasteiger partial charge on any atom is -0.459 e. The number of sulfonamides is 1. The third-order valence-corrected chi connectivity index (χ3v) is 9.55. The molecule has 2 aromatic carbocycles. The second kappa shape index (κ2) is 9.40. The monoisotopic (exact) mass is 576 g/mol. The second-order valence-electron chi connectivity index (χ2n) is 9.11. The predicted molar refractivity (Wildman–Crippen MR) is 139 cm³/mol. The molecule has 0 saturated carbocycles. The molecule has 0 unspecified atom stereocenters. The van der Waals surface area contributed by atoms with E-state index in [4.69, 9.17) is 4.74 Å². The van der Waals surface area contributed by atoms with Crippen LogP contribution in [0.2, 0.25) is 0 Å². The van der Waals surface area contributed by atoms with Crippen LogP contribution in [-0.4, -0.2) is 36.9 Å². The Morgan fingerprint density at radius 1 is 1.03 bits per heavy atom. The van der Waals surface area contributed by atoms with E-state index in [2.05, 4.69) is 15.9 Å². The fourth-order valence-corrected chi connectivity index (χ4v) is 7.82. The summed E-state index contributed by atoms with van der Waals surface area (Å²) in [6.45, 7) is 6.00. The van der Waals surface area contributed by atoms with Crippen molar-refractivity contribution in [2.45, 2.75) is 44.2 Å². The van der Waals surface area contributed by atoms with Gasteiger partial charge < -0.3 is 4.74 Å². The third-order valence-electron chi connectivity index (χ3n) is 5.38. The molecule has 0 spiro atoms. The minimum absolute atomic E-state index is 0.00870. The molecule has 0 N–H and O–H groups in total. The first kappa shape index (κ1) is 25.4. The van der Waals surface area contributed by atoms with E-state index >= 15 is 0 Å². The topological polar surface area (TPSA) is 84.0 Å². The zero-order valence-corrected chi connectivity index (χ0v) is 22.9. The SMILES string of the molecule is Cc1c(Br)sc2c1S(=O)(=O)N(CC(=O)OC(C)(C)C)C(=O)N2C(c1ccccc1)c1ccccc1. The summed E-state index contributed by atoms with van der Waals surface area (Å²) in [6.07, 6.45) is 0. The van der Waals surface area contributed by atoms with Crippen molar-refractivity contribution in [3.05, 3.63) is 81.1 Å². The Labute approximate surface area is 217 Å². The van der Waals surface area contributed by atoms with Gasteiger partial charge in [0.05, 0.1) is 9.83 Å². The Kier molecular flexibility index (Phi) is 6.82. The van der Waals surface area contributed by atoms with Crippen LogP contribution in [0.4, 0.5) is 9.80 Å². The van der Waals surface area contributed by atoms with Gasteiger partial charge in [0, 0.05) is 0 Å². The van der Waals surface area contributed by atoms with Crippen molar-refractivity contribution in [1.82, 2.24) is 4.31 Å². The maximum absolute atomic E-state index is 14.0. The summed E-state index contributed by atoms with van der Waals surface area (Å²) in [6, 6.07) is 17.3. The lowest BCUT2D eigenvalue weighted by molar-refractivity contribution is -0.154. The lowest BCUT2D eigenvalue weighted by Gasteiger charge is -2.39. The van der Waals surface area contributed by atoms with Crippen LogP contribution in [0.5, 0.6) is 0 Å². The first-order valence-corrected chi connectivity index (χ1v) is 13.9. The minimum atomic E-state index is -4.30. The van der Waals surface area contributed by atoms with Crippen LogP contribution >= 0.6 is 27.3 Å². The van der Waals surface area contributed by atoms with Crippen LogP contribution in [0.1, 0.15) is 43.5 Å². The van der Waals surface area contributed by atoms with Crippen molar-refractivity contribution in [2.75, 3.05) is 11.4 Å². The first-order valence-electron chi connectivity index (χ1n) is 10.9. The van der Waals surface area contributed by atoms with E-state index in [-0.39, 0.29) is 4.90 Å². The lowest BCUT2D eigenvalue weighted by atomic mass is 9.97. The number of carbonyl (C=O) groups is 2. The summed E-state index contributed by atoms with van der Waals surface area (Å²) < 4.78 is 33.9. The molecular weight excluding hydrogens is 552 g/mol. The normalized spacial score (nSPS) is 15.3. The maximum atomic E-state index is 14.0. The van der Waals surface area contributed by atoms with Crippen LogP contribution in [0, 0.1) is 6.92 Å². The number of nitrogens with zero attached hydrogens (tertiary/aromatic N) is 2. The van der Waals surface area contributed by atoms with E-state index in [1.165, 1.54) is 16.2 Å². The van der Waals surface area contributed by atoms with E-state index in [0.717, 1.165) is 11.1 Å². The molecule has 10 heteroatoms. The number of anilines is 1. The Morgan fingerprint density at radius 3 is 2.03 bits per heavy atom. The number of rotatable bonds is 5. The molecule has 7 nitrogen and oxygen atoms in total. The standard InChI is InChI=1S/C25H25BrN2O5S2/c1-16-21-23(34-22(16)26)28(20(17-11-7-5-8-12-17)18-13-9-6-10-14-18)24(30)27(35(21,31)32)15-19(29)33-25(2,3)4/h5-14,20H,15H2,1-4H3. The molecule has 0 saturated heterocycles. The molecule has 0 fully saturated rings. The van der Waals surface area contributed by atoms with Crippen molar-refractivity contribution in [1.29, 1.82) is 0 Å². The summed E-state index contributed by atoms with van der Waals surface area (Å²) in [4.78, 5) is 28.1. The highest BCUT2D eigenvalue weighted by Gasteiger charge is 2.48. The quantitative estimate of drug-likeness (QED) is 0.354. The van der Waals surface area contributed by atoms with Crippen LogP contribution < -0.4 is 4.90 Å². The number of benzene rings is 2. The van der Waals surface area contributed by atoms with Gasteiger partial charge in [-0.1, -0.05) is 60.7 Å². The zero-order valence-electron chi connectivity index (χ0n) is 19.7. The first-order chi connectivity index (χ1) is 16.4. The van der Waals surface area contributed by atoms with E-state index in [9.17, 15) is 18.0 Å². The molecule has 0 bridgehead atoms. The van der Waals surface area contributed by atoms with Gasteiger partial charge >= 0.3 is 12.0 Å². The number of hydrogen-bond acceptors (Lipinski definition) is 6. The van der Waals surface area contributed by atoms with Gasteiger partial charge in [-0.25, -0.2) is 17.5 Å². The van der Waals surface area contributed by atoms with E-state index in [1.807, 2.05) is 60.7 Å². The molecule has 1 aliphatic rings. The molecule has 3 aromatic rings. The molecule has 35 heavy (non-hydrogen) atoms. The molecule has 1 aliphatic heterocycles. The van der Waals surface area contributed by atoms with Crippen LogP contribution in [0.15, 0.2) is 69.3 Å². The number of thiophene rings is 1. The fraction of sp³-hybridized carbons (Fsp3) is 0.280. The zero-order chi connectivity index (χ0) is 25.5. The van der Waals surface area contributed by atoms with Crippen LogP contribution in [-0.2, 0) is 19.6 Å². The average molecular weight is 578 g/mol. The van der Waals surface area contributed by atoms with Gasteiger partial charge in [-0.05, 0) is 60.3 Å². The van der Waals surface area contributed by atoms with Crippen molar-refractivity contribution in [3.8, 4) is 0 Å². The highest BCUT2D eigenvalue weighted by Crippen LogP contribution is 2.50. The average Bonchev–Trinajstić information content (AvgIpc) is 3.09. The number of esters is 1. The van der Waals surface area contributed by atoms with Gasteiger partial charge in [0.2, 0.25) is 0 Å². The fourth-order valence-electron chi connectivity index (χ4n) is 3.97. The molecule has 0 atom stereocenters. The summed E-state index contributed by atoms with van der Waals surface area (Å²) in [5.74, 6) is -0.805. The number of carbonyl (C=O) groups excluding carboxylic acids is 2. The Hall–Kier alpha value is -2.69. The van der Waals surface area contributed by atoms with Gasteiger partial charge in [0.1, 0.15) is 22.0 Å². The van der Waals surface area contributed by atoms with E-state index in [0.29, 0.717) is 18.7 Å². The largest absolute Gasteiger partial charge is 0.459 e. The number of ether oxygens (including phenoxy) is 1. The number of halogens is 1. The van der Waals surface area contributed by atoms with Gasteiger partial charge in [-0.3, -0.25) is 9.69 Å². The molecule has 2 heterocycles. The predicted octanol–water partition coefficient (Wildman–Crippen LogP) is 5.88. The van der Waals surface area contributed by atoms with Crippen molar-refractivity contribution in [2.24, 2.45) is 0 Å². The molecule has 0 aliphatic carbocycles. The summed E-state index contributed by atoms with van der Waals surface area (Å²) >= 11 is 4.63. The molecule has 2 amide bonds. The summed E-state index contributed by atoms with van der Waals surface area (Å²) in [5, 5.41) is 0.303. The van der Waals surface area contributed by atoms with Gasteiger partial charge in [-0.15, -0.1) is 11.3 Å². The van der Waals surface area contributed by atoms with Gasteiger partial charge in [0.15, 0.2) is 0 Å². The molecule has 4 rings (SSSR count). The van der Waals surface area contributed by atoms with Crippen molar-refractivity contribution in [3.63, 3.8) is 0 Å². The van der Waals surface area contributed by atoms with Gasteiger partial charge in [-0.2, -0.15) is 0 Å². The third kappa shape index (κ3) is 4.87. The summed E-state index contributed by atoms with van der Waals surface area (Å²) in [5.41, 5.74) is 1.26. The second-order valence-corrected chi connectivity index (χ2v) is 13.2. The van der Waals surface area contributed by atoms with Crippen molar-refractivity contribution >= 4 is 54.3 Å². The van der Waals surface area contributed by atoms with Crippen molar-refractivity contribution < 1.29 is 22.7 Å². The smallest absolute Gasteiger partial charge is 0.340 e. The Balaban J connectivity index is 1.92.